The number of amides is 1. The second-order valence-electron chi connectivity index (χ2n) is 7.83. The summed E-state index contributed by atoms with van der Waals surface area (Å²) in [5, 5.41) is 5.27. The first-order valence-corrected chi connectivity index (χ1v) is 10.8. The van der Waals surface area contributed by atoms with Crippen LogP contribution in [0.4, 0.5) is 8.78 Å². The average Bonchev–Trinajstić information content (AvgIpc) is 3.35. The maximum Gasteiger partial charge on any atom is 0.287 e. The summed E-state index contributed by atoms with van der Waals surface area (Å²) in [5.41, 5.74) is 1.50. The summed E-state index contributed by atoms with van der Waals surface area (Å²) >= 11 is 6.28. The lowest BCUT2D eigenvalue weighted by Crippen LogP contribution is -2.55. The van der Waals surface area contributed by atoms with Gasteiger partial charge in [-0.2, -0.15) is 5.10 Å². The molecule has 1 unspecified atom stereocenters. The number of piperidine rings is 1. The van der Waals surface area contributed by atoms with E-state index in [0.29, 0.717) is 11.2 Å². The summed E-state index contributed by atoms with van der Waals surface area (Å²) in [6, 6.07) is 17.4. The van der Waals surface area contributed by atoms with Gasteiger partial charge in [-0.25, -0.2) is 18.4 Å². The number of ether oxygens (including phenoxy) is 1. The van der Waals surface area contributed by atoms with Crippen LogP contribution in [0, 0.1) is 0 Å². The Kier molecular flexibility index (Phi) is 5.46. The van der Waals surface area contributed by atoms with Crippen LogP contribution in [-0.4, -0.2) is 50.7 Å². The maximum atomic E-state index is 14.7. The third-order valence-electron chi connectivity index (χ3n) is 5.64. The molecule has 1 amide bonds. The molecule has 1 aliphatic rings. The van der Waals surface area contributed by atoms with E-state index >= 15 is 0 Å². The fourth-order valence-electron chi connectivity index (χ4n) is 3.85. The highest BCUT2D eigenvalue weighted by atomic mass is 35.5. The molecule has 0 N–H and O–H groups in total. The van der Waals surface area contributed by atoms with Crippen molar-refractivity contribution in [2.75, 3.05) is 13.1 Å². The first kappa shape index (κ1) is 21.3. The summed E-state index contributed by atoms with van der Waals surface area (Å²) in [6.07, 6.45) is 1.30. The lowest BCUT2D eigenvalue weighted by Gasteiger charge is -2.38. The van der Waals surface area contributed by atoms with Gasteiger partial charge in [-0.3, -0.25) is 4.79 Å². The van der Waals surface area contributed by atoms with E-state index in [1.54, 1.807) is 59.5 Å². The van der Waals surface area contributed by atoms with Crippen molar-refractivity contribution >= 4 is 28.4 Å². The zero-order valence-electron chi connectivity index (χ0n) is 17.4. The number of carbonyl (C=O) groups is 1. The number of benzene rings is 2. The molecule has 4 aromatic rings. The Morgan fingerprint density at radius 3 is 2.79 bits per heavy atom. The van der Waals surface area contributed by atoms with Gasteiger partial charge < -0.3 is 9.64 Å². The summed E-state index contributed by atoms with van der Waals surface area (Å²) in [5.74, 6) is -3.46. The number of hydrogen-bond acceptors (Lipinski definition) is 4. The highest BCUT2D eigenvalue weighted by molar-refractivity contribution is 6.33. The Morgan fingerprint density at radius 1 is 1.12 bits per heavy atom. The van der Waals surface area contributed by atoms with Crippen LogP contribution >= 0.6 is 11.6 Å². The number of likely N-dealkylation sites (tertiary alicyclic amines) is 1. The molecule has 1 aliphatic heterocycles. The Morgan fingerprint density at radius 2 is 1.97 bits per heavy atom. The third kappa shape index (κ3) is 4.26. The predicted molar refractivity (Wildman–Crippen MR) is 120 cm³/mol. The Balaban J connectivity index is 1.38. The number of hydrogen-bond donors (Lipinski definition) is 0. The summed E-state index contributed by atoms with van der Waals surface area (Å²) < 4.78 is 36.6. The van der Waals surface area contributed by atoms with Crippen LogP contribution in [0.1, 0.15) is 16.8 Å². The number of fused-ring (bicyclic) bond motifs is 1. The quantitative estimate of drug-likeness (QED) is 0.423. The van der Waals surface area contributed by atoms with Crippen molar-refractivity contribution in [1.82, 2.24) is 19.7 Å². The monoisotopic (exact) mass is 468 g/mol. The van der Waals surface area contributed by atoms with E-state index in [0.717, 1.165) is 5.39 Å². The number of aromatic nitrogens is 3. The van der Waals surface area contributed by atoms with Crippen LogP contribution < -0.4 is 4.74 Å². The van der Waals surface area contributed by atoms with Gasteiger partial charge in [-0.15, -0.1) is 0 Å². The summed E-state index contributed by atoms with van der Waals surface area (Å²) in [6.45, 7) is -0.401. The van der Waals surface area contributed by atoms with Crippen molar-refractivity contribution in [2.45, 2.75) is 18.4 Å². The van der Waals surface area contributed by atoms with E-state index in [2.05, 4.69) is 10.1 Å². The highest BCUT2D eigenvalue weighted by Gasteiger charge is 2.47. The molecule has 0 radical (unpaired) electrons. The number of pyridine rings is 1. The van der Waals surface area contributed by atoms with Gasteiger partial charge in [-0.1, -0.05) is 29.8 Å². The number of alkyl halides is 2. The molecule has 0 spiro atoms. The standard InChI is InChI=1S/C24H19ClF2N4O2/c25-19-8-7-17(31-12-3-11-28-31)14-18(19)23(32)30-13-10-24(26,27)21(15-30)33-22-9-6-16-4-1-2-5-20(16)29-22/h1-9,11-12,14,21H,10,13,15H2. The molecule has 0 aliphatic carbocycles. The molecule has 1 saturated heterocycles. The SMILES string of the molecule is O=C(c1cc(-n2cccn2)ccc1Cl)N1CCC(F)(F)C(Oc2ccc3ccccc3n2)C1. The minimum atomic E-state index is -3.11. The maximum absolute atomic E-state index is 14.7. The van der Waals surface area contributed by atoms with Crippen molar-refractivity contribution in [2.24, 2.45) is 0 Å². The van der Waals surface area contributed by atoms with Crippen LogP contribution in [0.5, 0.6) is 5.88 Å². The Labute approximate surface area is 193 Å². The van der Waals surface area contributed by atoms with Crippen LogP contribution in [0.2, 0.25) is 5.02 Å². The molecule has 2 aromatic heterocycles. The minimum Gasteiger partial charge on any atom is -0.466 e. The fraction of sp³-hybridized carbons (Fsp3) is 0.208. The molecule has 3 heterocycles. The zero-order valence-corrected chi connectivity index (χ0v) is 18.1. The van der Waals surface area contributed by atoms with Gasteiger partial charge in [0.15, 0.2) is 6.10 Å². The van der Waals surface area contributed by atoms with E-state index in [4.69, 9.17) is 16.3 Å². The first-order chi connectivity index (χ1) is 15.9. The minimum absolute atomic E-state index is 0.0892. The first-order valence-electron chi connectivity index (χ1n) is 10.4. The Hall–Kier alpha value is -3.52. The van der Waals surface area contributed by atoms with Crippen molar-refractivity contribution in [3.8, 4) is 11.6 Å². The van der Waals surface area contributed by atoms with Crippen LogP contribution in [0.3, 0.4) is 0 Å². The van der Waals surface area contributed by atoms with Gasteiger partial charge >= 0.3 is 0 Å². The normalized spacial score (nSPS) is 17.8. The van der Waals surface area contributed by atoms with E-state index in [1.807, 2.05) is 18.2 Å². The molecule has 1 fully saturated rings. The number of rotatable bonds is 4. The van der Waals surface area contributed by atoms with Crippen molar-refractivity contribution < 1.29 is 18.3 Å². The Bertz CT molecular complexity index is 1310. The van der Waals surface area contributed by atoms with Gasteiger partial charge in [0.05, 0.1) is 28.3 Å². The molecule has 168 valence electrons. The van der Waals surface area contributed by atoms with Gasteiger partial charge in [0.25, 0.3) is 11.8 Å². The molecule has 5 rings (SSSR count). The molecule has 1 atom stereocenters. The van der Waals surface area contributed by atoms with Crippen LogP contribution in [-0.2, 0) is 0 Å². The number of halogens is 3. The smallest absolute Gasteiger partial charge is 0.287 e. The third-order valence-corrected chi connectivity index (χ3v) is 5.97. The molecule has 0 saturated carbocycles. The predicted octanol–water partition coefficient (Wildman–Crippen LogP) is 5.00. The lowest BCUT2D eigenvalue weighted by molar-refractivity contribution is -0.131. The summed E-state index contributed by atoms with van der Waals surface area (Å²) in [7, 11) is 0. The largest absolute Gasteiger partial charge is 0.466 e. The van der Waals surface area contributed by atoms with E-state index in [1.165, 1.54) is 4.90 Å². The van der Waals surface area contributed by atoms with Crippen LogP contribution in [0.15, 0.2) is 73.1 Å². The number of para-hydroxylation sites is 1. The molecule has 9 heteroatoms. The lowest BCUT2D eigenvalue weighted by atomic mass is 10.0. The molecule has 0 bridgehead atoms. The van der Waals surface area contributed by atoms with Gasteiger partial charge in [0.1, 0.15) is 0 Å². The van der Waals surface area contributed by atoms with Gasteiger partial charge in [0, 0.05) is 36.8 Å². The number of nitrogens with zero attached hydrogens (tertiary/aromatic N) is 4. The fourth-order valence-corrected chi connectivity index (χ4v) is 4.05. The van der Waals surface area contributed by atoms with Crippen LogP contribution in [0.25, 0.3) is 16.6 Å². The van der Waals surface area contributed by atoms with E-state index in [-0.39, 0.29) is 29.6 Å². The summed E-state index contributed by atoms with van der Waals surface area (Å²) in [4.78, 5) is 18.9. The molecule has 33 heavy (non-hydrogen) atoms. The van der Waals surface area contributed by atoms with Crippen molar-refractivity contribution in [1.29, 1.82) is 0 Å². The number of carbonyl (C=O) groups excluding carboxylic acids is 1. The van der Waals surface area contributed by atoms with Gasteiger partial charge in [0.2, 0.25) is 5.88 Å². The molecule has 6 nitrogen and oxygen atoms in total. The van der Waals surface area contributed by atoms with E-state index in [9.17, 15) is 13.6 Å². The molecular weight excluding hydrogens is 450 g/mol. The molecule has 2 aromatic carbocycles. The second-order valence-corrected chi connectivity index (χ2v) is 8.23. The second kappa shape index (κ2) is 8.44. The zero-order chi connectivity index (χ0) is 23.0. The van der Waals surface area contributed by atoms with Crippen molar-refractivity contribution in [3.63, 3.8) is 0 Å². The topological polar surface area (TPSA) is 60.2 Å². The molecular formula is C24H19ClF2N4O2. The van der Waals surface area contributed by atoms with E-state index < -0.39 is 24.4 Å². The van der Waals surface area contributed by atoms with Gasteiger partial charge in [-0.05, 0) is 36.4 Å². The average molecular weight is 469 g/mol. The highest BCUT2D eigenvalue weighted by Crippen LogP contribution is 2.33. The van der Waals surface area contributed by atoms with Crippen molar-refractivity contribution in [3.05, 3.63) is 83.6 Å².